The zero-order valence-electron chi connectivity index (χ0n) is 16.0. The minimum Gasteiger partial charge on any atom is -0.497 e. The molecule has 154 valence electrons. The molecule has 4 rings (SSSR count). The van der Waals surface area contributed by atoms with Crippen LogP contribution in [0.1, 0.15) is 23.6 Å². The Morgan fingerprint density at radius 1 is 1.07 bits per heavy atom. The summed E-state index contributed by atoms with van der Waals surface area (Å²) in [5, 5.41) is 4.90. The third kappa shape index (κ3) is 3.91. The molecule has 0 spiro atoms. The van der Waals surface area contributed by atoms with Crippen molar-refractivity contribution in [3.05, 3.63) is 94.8 Å². The van der Waals surface area contributed by atoms with Gasteiger partial charge >= 0.3 is 0 Å². The third-order valence-electron chi connectivity index (χ3n) is 4.89. The Bertz CT molecular complexity index is 1200. The monoisotopic (exact) mass is 444 g/mol. The molecule has 1 heterocycles. The van der Waals surface area contributed by atoms with E-state index in [0.29, 0.717) is 28.5 Å². The summed E-state index contributed by atoms with van der Waals surface area (Å²) < 4.78 is 46.6. The fourth-order valence-electron chi connectivity index (χ4n) is 3.34. The summed E-state index contributed by atoms with van der Waals surface area (Å²) in [6.45, 7) is 0. The highest BCUT2D eigenvalue weighted by atomic mass is 35.5. The molecule has 1 unspecified atom stereocenters. The quantitative estimate of drug-likeness (QED) is 0.554. The Kier molecular flexibility index (Phi) is 5.49. The summed E-state index contributed by atoms with van der Waals surface area (Å²) in [5.41, 5.74) is 2.01. The molecular formula is C22H18ClFN2O3S. The number of sulfonamides is 1. The largest absolute Gasteiger partial charge is 0.497 e. The SMILES string of the molecule is COc1cccc(C2=NN(S(=O)(=O)c3ccc(Cl)cc3)C(c3ccc(F)cc3)C2)c1. The normalized spacial score (nSPS) is 16.4. The molecule has 30 heavy (non-hydrogen) atoms. The Hall–Kier alpha value is -2.90. The first-order chi connectivity index (χ1) is 14.4. The summed E-state index contributed by atoms with van der Waals surface area (Å²) in [7, 11) is -2.39. The van der Waals surface area contributed by atoms with Gasteiger partial charge in [-0.25, -0.2) is 4.39 Å². The molecule has 0 amide bonds. The summed E-state index contributed by atoms with van der Waals surface area (Å²) in [6, 6.07) is 18.4. The Morgan fingerprint density at radius 2 is 1.77 bits per heavy atom. The maximum atomic E-state index is 13.4. The lowest BCUT2D eigenvalue weighted by Crippen LogP contribution is -2.27. The van der Waals surface area contributed by atoms with Gasteiger partial charge in [-0.3, -0.25) is 0 Å². The highest BCUT2D eigenvalue weighted by Crippen LogP contribution is 2.37. The minimum absolute atomic E-state index is 0.0784. The lowest BCUT2D eigenvalue weighted by molar-refractivity contribution is 0.371. The highest BCUT2D eigenvalue weighted by Gasteiger charge is 2.37. The number of nitrogens with zero attached hydrogens (tertiary/aromatic N) is 2. The molecule has 0 radical (unpaired) electrons. The molecule has 1 aliphatic heterocycles. The van der Waals surface area contributed by atoms with E-state index in [2.05, 4.69) is 5.10 Å². The van der Waals surface area contributed by atoms with Crippen molar-refractivity contribution >= 4 is 27.3 Å². The molecule has 0 fully saturated rings. The minimum atomic E-state index is -3.96. The standard InChI is InChI=1S/C22H18ClFN2O3S/c1-29-19-4-2-3-16(13-19)21-14-22(15-5-9-18(24)10-6-15)26(25-21)30(27,28)20-11-7-17(23)8-12-20/h2-13,22H,14H2,1H3. The number of benzene rings is 3. The van der Waals surface area contributed by atoms with E-state index in [1.165, 1.54) is 36.4 Å². The molecule has 1 atom stereocenters. The van der Waals surface area contributed by atoms with Crippen molar-refractivity contribution < 1.29 is 17.5 Å². The van der Waals surface area contributed by atoms with Crippen LogP contribution in [0.25, 0.3) is 0 Å². The molecule has 0 saturated carbocycles. The number of hydrazone groups is 1. The predicted octanol–water partition coefficient (Wildman–Crippen LogP) is 5.03. The summed E-state index contributed by atoms with van der Waals surface area (Å²) in [4.78, 5) is 0.0784. The fraction of sp³-hybridized carbons (Fsp3) is 0.136. The fourth-order valence-corrected chi connectivity index (χ4v) is 4.89. The van der Waals surface area contributed by atoms with E-state index in [0.717, 1.165) is 9.98 Å². The van der Waals surface area contributed by atoms with Crippen LogP contribution in [-0.4, -0.2) is 25.7 Å². The van der Waals surface area contributed by atoms with Gasteiger partial charge in [0.05, 0.1) is 23.8 Å². The Labute approximate surface area is 179 Å². The van der Waals surface area contributed by atoms with Crippen LogP contribution in [-0.2, 0) is 10.0 Å². The van der Waals surface area contributed by atoms with E-state index in [1.54, 1.807) is 31.4 Å². The number of hydrogen-bond donors (Lipinski definition) is 0. The van der Waals surface area contributed by atoms with Crippen LogP contribution >= 0.6 is 11.6 Å². The molecular weight excluding hydrogens is 427 g/mol. The van der Waals surface area contributed by atoms with Gasteiger partial charge in [0.15, 0.2) is 0 Å². The topological polar surface area (TPSA) is 59.0 Å². The van der Waals surface area contributed by atoms with Crippen molar-refractivity contribution in [2.75, 3.05) is 7.11 Å². The van der Waals surface area contributed by atoms with E-state index in [9.17, 15) is 12.8 Å². The number of rotatable bonds is 5. The van der Waals surface area contributed by atoms with Crippen LogP contribution in [0.3, 0.4) is 0 Å². The average molecular weight is 445 g/mol. The number of methoxy groups -OCH3 is 1. The zero-order chi connectivity index (χ0) is 21.3. The van der Waals surface area contributed by atoms with Crippen molar-refractivity contribution in [1.29, 1.82) is 0 Å². The first-order valence-electron chi connectivity index (χ1n) is 9.16. The second kappa shape index (κ2) is 8.08. The summed E-state index contributed by atoms with van der Waals surface area (Å²) >= 11 is 5.91. The van der Waals surface area contributed by atoms with Crippen LogP contribution < -0.4 is 4.74 Å². The van der Waals surface area contributed by atoms with Gasteiger partial charge in [-0.2, -0.15) is 17.9 Å². The van der Waals surface area contributed by atoms with Crippen LogP contribution in [0.15, 0.2) is 82.8 Å². The lowest BCUT2D eigenvalue weighted by atomic mass is 9.99. The van der Waals surface area contributed by atoms with Gasteiger partial charge in [0.2, 0.25) is 0 Å². The van der Waals surface area contributed by atoms with Crippen LogP contribution in [0.2, 0.25) is 5.02 Å². The van der Waals surface area contributed by atoms with Gasteiger partial charge in [-0.15, -0.1) is 0 Å². The van der Waals surface area contributed by atoms with Gasteiger partial charge < -0.3 is 4.74 Å². The van der Waals surface area contributed by atoms with Gasteiger partial charge in [-0.05, 0) is 54.1 Å². The molecule has 3 aromatic carbocycles. The molecule has 1 aliphatic rings. The predicted molar refractivity (Wildman–Crippen MR) is 114 cm³/mol. The smallest absolute Gasteiger partial charge is 0.279 e. The van der Waals surface area contributed by atoms with Gasteiger partial charge in [0.25, 0.3) is 10.0 Å². The molecule has 0 N–H and O–H groups in total. The zero-order valence-corrected chi connectivity index (χ0v) is 17.6. The second-order valence-corrected chi connectivity index (χ2v) is 9.01. The third-order valence-corrected chi connectivity index (χ3v) is 6.84. The lowest BCUT2D eigenvalue weighted by Gasteiger charge is -2.23. The van der Waals surface area contributed by atoms with Crippen molar-refractivity contribution in [1.82, 2.24) is 4.41 Å². The number of halogens is 2. The molecule has 5 nitrogen and oxygen atoms in total. The van der Waals surface area contributed by atoms with Gasteiger partial charge in [0.1, 0.15) is 11.6 Å². The molecule has 0 aliphatic carbocycles. The van der Waals surface area contributed by atoms with Crippen molar-refractivity contribution in [3.8, 4) is 5.75 Å². The van der Waals surface area contributed by atoms with Crippen molar-refractivity contribution in [2.45, 2.75) is 17.4 Å². The summed E-state index contributed by atoms with van der Waals surface area (Å²) in [6.07, 6.45) is 0.339. The Balaban J connectivity index is 1.80. The van der Waals surface area contributed by atoms with E-state index < -0.39 is 21.9 Å². The summed E-state index contributed by atoms with van der Waals surface area (Å²) in [5.74, 6) is 0.255. The highest BCUT2D eigenvalue weighted by molar-refractivity contribution is 7.89. The van der Waals surface area contributed by atoms with Gasteiger partial charge in [0, 0.05) is 17.0 Å². The average Bonchev–Trinajstić information content (AvgIpc) is 3.21. The number of hydrogen-bond acceptors (Lipinski definition) is 4. The Morgan fingerprint density at radius 3 is 2.43 bits per heavy atom. The van der Waals surface area contributed by atoms with Crippen LogP contribution in [0, 0.1) is 5.82 Å². The van der Waals surface area contributed by atoms with E-state index in [4.69, 9.17) is 16.3 Å². The maximum Gasteiger partial charge on any atom is 0.279 e. The van der Waals surface area contributed by atoms with E-state index in [-0.39, 0.29) is 4.90 Å². The first-order valence-corrected chi connectivity index (χ1v) is 11.0. The van der Waals surface area contributed by atoms with E-state index >= 15 is 0 Å². The van der Waals surface area contributed by atoms with Crippen molar-refractivity contribution in [3.63, 3.8) is 0 Å². The van der Waals surface area contributed by atoms with Crippen molar-refractivity contribution in [2.24, 2.45) is 5.10 Å². The molecule has 0 saturated heterocycles. The first kappa shape index (κ1) is 20.4. The van der Waals surface area contributed by atoms with Gasteiger partial charge in [-0.1, -0.05) is 35.9 Å². The molecule has 8 heteroatoms. The second-order valence-electron chi connectivity index (χ2n) is 6.78. The molecule has 3 aromatic rings. The molecule has 0 aromatic heterocycles. The van der Waals surface area contributed by atoms with E-state index in [1.807, 2.05) is 12.1 Å². The van der Waals surface area contributed by atoms with Crippen LogP contribution in [0.5, 0.6) is 5.75 Å². The van der Waals surface area contributed by atoms with Crippen LogP contribution in [0.4, 0.5) is 4.39 Å². The number of ether oxygens (including phenoxy) is 1. The molecule has 0 bridgehead atoms. The maximum absolute atomic E-state index is 13.4.